The highest BCUT2D eigenvalue weighted by atomic mass is 127. The van der Waals surface area contributed by atoms with Crippen molar-refractivity contribution in [2.75, 3.05) is 26.2 Å². The van der Waals surface area contributed by atoms with Gasteiger partial charge in [0.15, 0.2) is 5.96 Å². The zero-order valence-corrected chi connectivity index (χ0v) is 18.9. The zero-order valence-electron chi connectivity index (χ0n) is 15.7. The summed E-state index contributed by atoms with van der Waals surface area (Å²) in [6.07, 6.45) is 3.86. The van der Waals surface area contributed by atoms with Crippen LogP contribution in [0.1, 0.15) is 32.6 Å². The van der Waals surface area contributed by atoms with Gasteiger partial charge in [-0.3, -0.25) is 4.99 Å². The minimum Gasteiger partial charge on any atom is -0.450 e. The van der Waals surface area contributed by atoms with Crippen molar-refractivity contribution < 1.29 is 9.53 Å². The summed E-state index contributed by atoms with van der Waals surface area (Å²) in [6.45, 7) is 4.37. The molecule has 0 atom stereocenters. The second-order valence-corrected chi connectivity index (χ2v) is 8.45. The summed E-state index contributed by atoms with van der Waals surface area (Å²) < 4.78 is 5.25. The van der Waals surface area contributed by atoms with Crippen LogP contribution in [0.5, 0.6) is 0 Å². The lowest BCUT2D eigenvalue weighted by molar-refractivity contribution is 0.0963. The molecular formula is C19H29IN4O2S. The first-order valence-corrected chi connectivity index (χ1v) is 10.1. The number of aliphatic imine (C=N–C) groups is 1. The molecule has 1 aromatic rings. The van der Waals surface area contributed by atoms with Gasteiger partial charge < -0.3 is 20.7 Å². The SMILES string of the molecule is CCOC(=O)N1CCC(NC(N)=NCC2(Sc3ccccc3)CC2)CC1.I. The number of hydrogen-bond acceptors (Lipinski definition) is 4. The van der Waals surface area contributed by atoms with E-state index in [1.807, 2.05) is 24.8 Å². The van der Waals surface area contributed by atoms with Gasteiger partial charge in [-0.1, -0.05) is 18.2 Å². The highest BCUT2D eigenvalue weighted by Gasteiger charge is 2.43. The van der Waals surface area contributed by atoms with E-state index in [0.717, 1.165) is 19.4 Å². The van der Waals surface area contributed by atoms with Crippen LogP contribution in [0, 0.1) is 0 Å². The fourth-order valence-electron chi connectivity index (χ4n) is 3.08. The number of thioether (sulfide) groups is 1. The molecule has 3 rings (SSSR count). The van der Waals surface area contributed by atoms with Gasteiger partial charge in [0.25, 0.3) is 0 Å². The molecule has 0 radical (unpaired) electrons. The highest BCUT2D eigenvalue weighted by molar-refractivity contribution is 14.0. The van der Waals surface area contributed by atoms with E-state index in [1.165, 1.54) is 17.7 Å². The van der Waals surface area contributed by atoms with Crippen molar-refractivity contribution in [1.29, 1.82) is 0 Å². The Morgan fingerprint density at radius 2 is 2.00 bits per heavy atom. The predicted molar refractivity (Wildman–Crippen MR) is 121 cm³/mol. The van der Waals surface area contributed by atoms with Crippen LogP contribution in [0.4, 0.5) is 4.79 Å². The molecule has 0 bridgehead atoms. The van der Waals surface area contributed by atoms with Gasteiger partial charge in [-0.25, -0.2) is 4.79 Å². The van der Waals surface area contributed by atoms with E-state index in [4.69, 9.17) is 10.5 Å². The van der Waals surface area contributed by atoms with Gasteiger partial charge in [0.05, 0.1) is 13.2 Å². The number of halogens is 1. The van der Waals surface area contributed by atoms with E-state index in [1.54, 1.807) is 4.90 Å². The van der Waals surface area contributed by atoms with Crippen LogP contribution in [0.15, 0.2) is 40.2 Å². The summed E-state index contributed by atoms with van der Waals surface area (Å²) in [5, 5.41) is 3.31. The molecule has 2 fully saturated rings. The molecule has 6 nitrogen and oxygen atoms in total. The molecule has 1 heterocycles. The summed E-state index contributed by atoms with van der Waals surface area (Å²) in [4.78, 5) is 19.4. The topological polar surface area (TPSA) is 80.0 Å². The Morgan fingerprint density at radius 1 is 1.33 bits per heavy atom. The van der Waals surface area contributed by atoms with E-state index >= 15 is 0 Å². The van der Waals surface area contributed by atoms with Crippen LogP contribution in [-0.4, -0.2) is 54.0 Å². The van der Waals surface area contributed by atoms with E-state index in [0.29, 0.717) is 25.7 Å². The van der Waals surface area contributed by atoms with Crippen molar-refractivity contribution in [3.63, 3.8) is 0 Å². The Morgan fingerprint density at radius 3 is 2.59 bits per heavy atom. The lowest BCUT2D eigenvalue weighted by atomic mass is 10.1. The van der Waals surface area contributed by atoms with E-state index < -0.39 is 0 Å². The minimum atomic E-state index is -0.221. The van der Waals surface area contributed by atoms with Gasteiger partial charge in [-0.15, -0.1) is 35.7 Å². The van der Waals surface area contributed by atoms with Crippen molar-refractivity contribution in [3.8, 4) is 0 Å². The molecule has 27 heavy (non-hydrogen) atoms. The Kier molecular flexibility index (Phi) is 8.53. The normalized spacial score (nSPS) is 19.1. The van der Waals surface area contributed by atoms with Crippen LogP contribution in [-0.2, 0) is 4.74 Å². The number of nitrogens with two attached hydrogens (primary N) is 1. The highest BCUT2D eigenvalue weighted by Crippen LogP contribution is 2.51. The van der Waals surface area contributed by atoms with Crippen LogP contribution >= 0.6 is 35.7 Å². The smallest absolute Gasteiger partial charge is 0.409 e. The summed E-state index contributed by atoms with van der Waals surface area (Å²) in [7, 11) is 0. The van der Waals surface area contributed by atoms with Crippen molar-refractivity contribution in [2.45, 2.75) is 48.3 Å². The third kappa shape index (κ3) is 6.74. The Bertz CT molecular complexity index is 632. The summed E-state index contributed by atoms with van der Waals surface area (Å²) in [5.41, 5.74) is 6.10. The van der Waals surface area contributed by atoms with Crippen molar-refractivity contribution in [1.82, 2.24) is 10.2 Å². The van der Waals surface area contributed by atoms with Gasteiger partial charge in [0.2, 0.25) is 0 Å². The Balaban J connectivity index is 0.00000261. The molecule has 3 N–H and O–H groups in total. The number of guanidine groups is 1. The van der Waals surface area contributed by atoms with Gasteiger partial charge in [0, 0.05) is 28.8 Å². The fourth-order valence-corrected chi connectivity index (χ4v) is 4.30. The molecule has 0 spiro atoms. The molecule has 0 unspecified atom stereocenters. The molecule has 150 valence electrons. The summed E-state index contributed by atoms with van der Waals surface area (Å²) in [6, 6.07) is 10.7. The Hall–Kier alpha value is -1.16. The number of rotatable bonds is 6. The number of benzene rings is 1. The molecule has 1 saturated heterocycles. The van der Waals surface area contributed by atoms with Crippen molar-refractivity contribution in [3.05, 3.63) is 30.3 Å². The molecule has 1 aliphatic heterocycles. The number of piperidine rings is 1. The van der Waals surface area contributed by atoms with Gasteiger partial charge in [0.1, 0.15) is 0 Å². The van der Waals surface area contributed by atoms with Crippen LogP contribution in [0.3, 0.4) is 0 Å². The van der Waals surface area contributed by atoms with Crippen molar-refractivity contribution in [2.24, 2.45) is 10.7 Å². The third-order valence-electron chi connectivity index (χ3n) is 4.80. The minimum absolute atomic E-state index is 0. The lowest BCUT2D eigenvalue weighted by Gasteiger charge is -2.31. The molecule has 1 saturated carbocycles. The van der Waals surface area contributed by atoms with E-state index in [2.05, 4.69) is 34.6 Å². The average molecular weight is 504 g/mol. The number of nitrogens with zero attached hydrogens (tertiary/aromatic N) is 2. The molecule has 1 aliphatic carbocycles. The van der Waals surface area contributed by atoms with Gasteiger partial charge in [-0.05, 0) is 44.7 Å². The molecule has 1 aromatic carbocycles. The molecule has 2 aliphatic rings. The quantitative estimate of drug-likeness (QED) is 0.353. The first-order chi connectivity index (χ1) is 12.6. The number of carbonyl (C=O) groups excluding carboxylic acids is 1. The maximum Gasteiger partial charge on any atom is 0.409 e. The number of likely N-dealkylation sites (tertiary alicyclic amines) is 1. The second kappa shape index (κ2) is 10.4. The first kappa shape index (κ1) is 22.1. The van der Waals surface area contributed by atoms with E-state index in [9.17, 15) is 4.79 Å². The first-order valence-electron chi connectivity index (χ1n) is 9.32. The molecular weight excluding hydrogens is 475 g/mol. The predicted octanol–water partition coefficient (Wildman–Crippen LogP) is 3.45. The maximum absolute atomic E-state index is 11.7. The lowest BCUT2D eigenvalue weighted by Crippen LogP contribution is -2.48. The second-order valence-electron chi connectivity index (χ2n) is 6.90. The maximum atomic E-state index is 11.7. The van der Waals surface area contributed by atoms with Crippen LogP contribution in [0.2, 0.25) is 0 Å². The van der Waals surface area contributed by atoms with E-state index in [-0.39, 0.29) is 40.9 Å². The number of ether oxygens (including phenoxy) is 1. The summed E-state index contributed by atoms with van der Waals surface area (Å²) >= 11 is 1.90. The number of hydrogen-bond donors (Lipinski definition) is 2. The Labute approximate surface area is 182 Å². The van der Waals surface area contributed by atoms with Gasteiger partial charge in [-0.2, -0.15) is 0 Å². The van der Waals surface area contributed by atoms with Gasteiger partial charge >= 0.3 is 6.09 Å². The van der Waals surface area contributed by atoms with Crippen LogP contribution < -0.4 is 11.1 Å². The van der Waals surface area contributed by atoms with Crippen molar-refractivity contribution >= 4 is 47.8 Å². The molecule has 0 aromatic heterocycles. The molecule has 8 heteroatoms. The number of nitrogens with one attached hydrogen (secondary N) is 1. The number of carbonyl (C=O) groups is 1. The molecule has 1 amide bonds. The fraction of sp³-hybridized carbons (Fsp3) is 0.579. The largest absolute Gasteiger partial charge is 0.450 e. The monoisotopic (exact) mass is 504 g/mol. The standard InChI is InChI=1S/C19H28N4O2S.HI/c1-2-25-18(24)23-12-8-15(9-13-23)22-17(20)21-14-19(10-11-19)26-16-6-4-3-5-7-16;/h3-7,15H,2,8-14H2,1H3,(H3,20,21,22);1H. The average Bonchev–Trinajstić information content (AvgIpc) is 3.41. The zero-order chi connectivity index (χ0) is 18.4. The number of amides is 1. The third-order valence-corrected chi connectivity index (χ3v) is 6.27. The summed E-state index contributed by atoms with van der Waals surface area (Å²) in [5.74, 6) is 0.513. The van der Waals surface area contributed by atoms with Crippen LogP contribution in [0.25, 0.3) is 0 Å².